The number of nitrogens with one attached hydrogen (secondary N) is 2. The second kappa shape index (κ2) is 6.85. The molecule has 0 aliphatic carbocycles. The number of hydrazone groups is 1. The quantitative estimate of drug-likeness (QED) is 0.608. The van der Waals surface area contributed by atoms with Gasteiger partial charge in [-0.1, -0.05) is 48.0 Å². The summed E-state index contributed by atoms with van der Waals surface area (Å²) >= 11 is 2.32. The van der Waals surface area contributed by atoms with E-state index in [-0.39, 0.29) is 0 Å². The average molecular weight is 444 g/mol. The Morgan fingerprint density at radius 1 is 1.04 bits per heavy atom. The SMILES string of the molecule is Cc1ccc(-n2ncc(C3=NNNN3Cc3ccccc3)c2I)cc1. The molecular weight excluding hydrogens is 427 g/mol. The van der Waals surface area contributed by atoms with Crippen molar-refractivity contribution in [3.05, 3.63) is 81.2 Å². The van der Waals surface area contributed by atoms with Gasteiger partial charge in [0.05, 0.1) is 24.0 Å². The minimum absolute atomic E-state index is 0.707. The number of hydrogen-bond donors (Lipinski definition) is 2. The lowest BCUT2D eigenvalue weighted by molar-refractivity contribution is 0.288. The van der Waals surface area contributed by atoms with Gasteiger partial charge >= 0.3 is 0 Å². The predicted molar refractivity (Wildman–Crippen MR) is 106 cm³/mol. The van der Waals surface area contributed by atoms with Crippen molar-refractivity contribution in [2.45, 2.75) is 13.5 Å². The van der Waals surface area contributed by atoms with E-state index in [9.17, 15) is 0 Å². The monoisotopic (exact) mass is 444 g/mol. The first-order valence-electron chi connectivity index (χ1n) is 7.93. The number of halogens is 1. The largest absolute Gasteiger partial charge is 0.266 e. The van der Waals surface area contributed by atoms with Crippen molar-refractivity contribution in [2.75, 3.05) is 0 Å². The summed E-state index contributed by atoms with van der Waals surface area (Å²) in [7, 11) is 0. The van der Waals surface area contributed by atoms with Gasteiger partial charge in [-0.05, 0) is 47.2 Å². The van der Waals surface area contributed by atoms with Gasteiger partial charge in [-0.15, -0.1) is 10.6 Å². The van der Waals surface area contributed by atoms with Crippen LogP contribution >= 0.6 is 22.6 Å². The van der Waals surface area contributed by atoms with Crippen LogP contribution in [0, 0.1) is 10.6 Å². The zero-order valence-corrected chi connectivity index (χ0v) is 15.8. The third-order valence-electron chi connectivity index (χ3n) is 4.02. The molecule has 2 heterocycles. The van der Waals surface area contributed by atoms with E-state index < -0.39 is 0 Å². The van der Waals surface area contributed by atoms with Gasteiger partial charge in [0.25, 0.3) is 0 Å². The van der Waals surface area contributed by atoms with Gasteiger partial charge in [0.15, 0.2) is 5.84 Å². The maximum Gasteiger partial charge on any atom is 0.177 e. The maximum absolute atomic E-state index is 4.55. The average Bonchev–Trinajstić information content (AvgIpc) is 3.23. The third kappa shape index (κ3) is 3.24. The highest BCUT2D eigenvalue weighted by Crippen LogP contribution is 2.20. The summed E-state index contributed by atoms with van der Waals surface area (Å²) in [5.74, 6) is 0.826. The lowest BCUT2D eigenvalue weighted by atomic mass is 10.2. The summed E-state index contributed by atoms with van der Waals surface area (Å²) in [6.07, 6.45) is 1.85. The molecule has 4 rings (SSSR count). The van der Waals surface area contributed by atoms with Crippen LogP contribution < -0.4 is 11.1 Å². The zero-order chi connectivity index (χ0) is 17.2. The smallest absolute Gasteiger partial charge is 0.177 e. The molecule has 126 valence electrons. The van der Waals surface area contributed by atoms with Crippen LogP contribution in [0.15, 0.2) is 65.9 Å². The molecule has 0 unspecified atom stereocenters. The van der Waals surface area contributed by atoms with Crippen LogP contribution in [-0.2, 0) is 6.54 Å². The molecule has 1 aliphatic rings. The molecule has 2 aromatic carbocycles. The number of hydrogen-bond acceptors (Lipinski definition) is 5. The van der Waals surface area contributed by atoms with Crippen LogP contribution in [0.25, 0.3) is 5.69 Å². The topological polar surface area (TPSA) is 57.5 Å². The molecule has 0 spiro atoms. The Hall–Kier alpha value is -2.39. The van der Waals surface area contributed by atoms with Gasteiger partial charge in [-0.3, -0.25) is 5.01 Å². The number of benzene rings is 2. The molecular formula is C18H17IN6. The fraction of sp³-hybridized carbons (Fsp3) is 0.111. The highest BCUT2D eigenvalue weighted by atomic mass is 127. The molecule has 2 N–H and O–H groups in total. The summed E-state index contributed by atoms with van der Waals surface area (Å²) in [5.41, 5.74) is 10.4. The van der Waals surface area contributed by atoms with E-state index >= 15 is 0 Å². The molecule has 0 saturated carbocycles. The Kier molecular flexibility index (Phi) is 4.41. The minimum Gasteiger partial charge on any atom is -0.266 e. The molecule has 0 saturated heterocycles. The first-order chi connectivity index (χ1) is 12.2. The van der Waals surface area contributed by atoms with Gasteiger partial charge in [-0.2, -0.15) is 5.10 Å². The highest BCUT2D eigenvalue weighted by Gasteiger charge is 2.24. The first kappa shape index (κ1) is 16.1. The van der Waals surface area contributed by atoms with Crippen LogP contribution in [-0.4, -0.2) is 20.6 Å². The summed E-state index contributed by atoms with van der Waals surface area (Å²) in [4.78, 5) is 0. The lowest BCUT2D eigenvalue weighted by Gasteiger charge is -2.18. The summed E-state index contributed by atoms with van der Waals surface area (Å²) in [6.45, 7) is 2.79. The summed E-state index contributed by atoms with van der Waals surface area (Å²) < 4.78 is 2.94. The Balaban J connectivity index is 1.62. The van der Waals surface area contributed by atoms with E-state index in [4.69, 9.17) is 0 Å². The van der Waals surface area contributed by atoms with Gasteiger partial charge in [-0.25, -0.2) is 10.2 Å². The molecule has 1 aromatic heterocycles. The van der Waals surface area contributed by atoms with E-state index in [1.165, 1.54) is 11.1 Å². The molecule has 0 radical (unpaired) electrons. The number of hydrazine groups is 2. The Morgan fingerprint density at radius 3 is 2.56 bits per heavy atom. The molecule has 7 heteroatoms. The molecule has 0 atom stereocenters. The fourth-order valence-corrected chi connectivity index (χ4v) is 3.47. The van der Waals surface area contributed by atoms with Crippen molar-refractivity contribution in [1.82, 2.24) is 25.9 Å². The van der Waals surface area contributed by atoms with Gasteiger partial charge in [0, 0.05) is 0 Å². The Labute approximate surface area is 159 Å². The fourth-order valence-electron chi connectivity index (χ4n) is 2.69. The standard InChI is InChI=1S/C18H17IN6/c1-13-7-9-15(10-8-13)25-17(19)16(11-20-25)18-21-22-23-24(18)12-14-5-3-2-4-6-14/h2-11,22-23H,12H2,1H3. The molecule has 3 aromatic rings. The highest BCUT2D eigenvalue weighted by molar-refractivity contribution is 14.1. The molecule has 0 amide bonds. The molecule has 6 nitrogen and oxygen atoms in total. The number of aryl methyl sites for hydroxylation is 1. The van der Waals surface area contributed by atoms with Crippen LogP contribution in [0.5, 0.6) is 0 Å². The lowest BCUT2D eigenvalue weighted by Crippen LogP contribution is -2.40. The van der Waals surface area contributed by atoms with Crippen molar-refractivity contribution < 1.29 is 0 Å². The van der Waals surface area contributed by atoms with Crippen molar-refractivity contribution in [2.24, 2.45) is 5.10 Å². The van der Waals surface area contributed by atoms with Crippen LogP contribution in [0.2, 0.25) is 0 Å². The Bertz CT molecular complexity index is 901. The van der Waals surface area contributed by atoms with Crippen LogP contribution in [0.3, 0.4) is 0 Å². The molecule has 25 heavy (non-hydrogen) atoms. The van der Waals surface area contributed by atoms with Gasteiger partial charge < -0.3 is 0 Å². The number of rotatable bonds is 4. The minimum atomic E-state index is 0.707. The second-order valence-electron chi connectivity index (χ2n) is 5.83. The molecule has 1 aliphatic heterocycles. The van der Waals surface area contributed by atoms with E-state index in [1.807, 2.05) is 34.1 Å². The Morgan fingerprint density at radius 2 is 1.80 bits per heavy atom. The van der Waals surface area contributed by atoms with Gasteiger partial charge in [0.2, 0.25) is 0 Å². The van der Waals surface area contributed by atoms with E-state index in [0.717, 1.165) is 20.8 Å². The zero-order valence-electron chi connectivity index (χ0n) is 13.6. The van der Waals surface area contributed by atoms with Crippen molar-refractivity contribution >= 4 is 28.4 Å². The van der Waals surface area contributed by atoms with Crippen molar-refractivity contribution in [3.63, 3.8) is 0 Å². The first-order valence-corrected chi connectivity index (χ1v) is 9.01. The van der Waals surface area contributed by atoms with E-state index in [1.54, 1.807) is 0 Å². The maximum atomic E-state index is 4.55. The van der Waals surface area contributed by atoms with E-state index in [0.29, 0.717) is 6.54 Å². The van der Waals surface area contributed by atoms with Crippen LogP contribution in [0.4, 0.5) is 0 Å². The normalized spacial score (nSPS) is 13.7. The predicted octanol–water partition coefficient (Wildman–Crippen LogP) is 2.97. The number of amidine groups is 1. The van der Waals surface area contributed by atoms with E-state index in [2.05, 4.69) is 87.2 Å². The van der Waals surface area contributed by atoms with Crippen molar-refractivity contribution in [3.8, 4) is 5.69 Å². The molecule has 0 fully saturated rings. The van der Waals surface area contributed by atoms with Crippen molar-refractivity contribution in [1.29, 1.82) is 0 Å². The second-order valence-corrected chi connectivity index (χ2v) is 6.85. The number of nitrogens with zero attached hydrogens (tertiary/aromatic N) is 4. The number of aromatic nitrogens is 2. The summed E-state index contributed by atoms with van der Waals surface area (Å²) in [5, 5.41) is 10.9. The summed E-state index contributed by atoms with van der Waals surface area (Å²) in [6, 6.07) is 18.6. The van der Waals surface area contributed by atoms with Gasteiger partial charge in [0.1, 0.15) is 3.70 Å². The third-order valence-corrected chi connectivity index (χ3v) is 5.05. The van der Waals surface area contributed by atoms with Crippen LogP contribution in [0.1, 0.15) is 16.7 Å². The molecule has 0 bridgehead atoms.